The van der Waals surface area contributed by atoms with E-state index >= 15 is 0 Å². The standard InChI is InChI=1S/C11H17N3O3/c1-3-5-14(8-10(15)17-4-2)11(16)9-6-12-13-7-9/h6-7H,3-5,8H2,1-2H3,(H,12,13). The number of nitrogens with one attached hydrogen (secondary N) is 1. The van der Waals surface area contributed by atoms with Crippen LogP contribution in [0.25, 0.3) is 0 Å². The molecule has 0 saturated heterocycles. The van der Waals surface area contributed by atoms with Gasteiger partial charge in [0, 0.05) is 12.7 Å². The Labute approximate surface area is 99.9 Å². The summed E-state index contributed by atoms with van der Waals surface area (Å²) in [6, 6.07) is 0. The zero-order valence-electron chi connectivity index (χ0n) is 10.1. The Balaban J connectivity index is 2.65. The van der Waals surface area contributed by atoms with Crippen molar-refractivity contribution in [1.29, 1.82) is 0 Å². The zero-order chi connectivity index (χ0) is 12.7. The zero-order valence-corrected chi connectivity index (χ0v) is 10.1. The van der Waals surface area contributed by atoms with Crippen LogP contribution < -0.4 is 0 Å². The molecule has 0 atom stereocenters. The van der Waals surface area contributed by atoms with Crippen molar-refractivity contribution in [2.45, 2.75) is 20.3 Å². The molecule has 0 aliphatic heterocycles. The van der Waals surface area contributed by atoms with E-state index in [1.54, 1.807) is 6.92 Å². The third kappa shape index (κ3) is 3.90. The van der Waals surface area contributed by atoms with Crippen LogP contribution in [-0.4, -0.2) is 46.7 Å². The van der Waals surface area contributed by atoms with Crippen LogP contribution in [0.15, 0.2) is 12.4 Å². The predicted octanol–water partition coefficient (Wildman–Crippen LogP) is 0.825. The fourth-order valence-electron chi connectivity index (χ4n) is 1.44. The second kappa shape index (κ2) is 6.67. The van der Waals surface area contributed by atoms with Crippen molar-refractivity contribution in [3.63, 3.8) is 0 Å². The Morgan fingerprint density at radius 1 is 1.47 bits per heavy atom. The number of carbonyl (C=O) groups is 2. The molecule has 0 aromatic carbocycles. The number of ether oxygens (including phenoxy) is 1. The van der Waals surface area contributed by atoms with Gasteiger partial charge in [-0.15, -0.1) is 0 Å². The molecule has 0 unspecified atom stereocenters. The van der Waals surface area contributed by atoms with Crippen LogP contribution in [0.3, 0.4) is 0 Å². The molecule has 0 saturated carbocycles. The van der Waals surface area contributed by atoms with E-state index < -0.39 is 5.97 Å². The number of hydrogen-bond acceptors (Lipinski definition) is 4. The third-order valence-corrected chi connectivity index (χ3v) is 2.15. The van der Waals surface area contributed by atoms with Crippen LogP contribution in [0, 0.1) is 0 Å². The van der Waals surface area contributed by atoms with Gasteiger partial charge >= 0.3 is 5.97 Å². The molecule has 0 aliphatic carbocycles. The van der Waals surface area contributed by atoms with Crippen molar-refractivity contribution >= 4 is 11.9 Å². The summed E-state index contributed by atoms with van der Waals surface area (Å²) >= 11 is 0. The van der Waals surface area contributed by atoms with E-state index in [9.17, 15) is 9.59 Å². The molecular weight excluding hydrogens is 222 g/mol. The summed E-state index contributed by atoms with van der Waals surface area (Å²) in [5.41, 5.74) is 0.447. The van der Waals surface area contributed by atoms with Gasteiger partial charge in [-0.1, -0.05) is 6.92 Å². The molecule has 0 spiro atoms. The Morgan fingerprint density at radius 3 is 2.76 bits per heavy atom. The van der Waals surface area contributed by atoms with E-state index in [4.69, 9.17) is 4.74 Å². The lowest BCUT2D eigenvalue weighted by Gasteiger charge is -2.20. The van der Waals surface area contributed by atoms with Crippen LogP contribution in [0.1, 0.15) is 30.6 Å². The van der Waals surface area contributed by atoms with Gasteiger partial charge < -0.3 is 9.64 Å². The van der Waals surface area contributed by atoms with Crippen molar-refractivity contribution in [3.8, 4) is 0 Å². The summed E-state index contributed by atoms with van der Waals surface area (Å²) in [6.07, 6.45) is 3.73. The Bertz CT molecular complexity index is 362. The summed E-state index contributed by atoms with van der Waals surface area (Å²) in [4.78, 5) is 24.8. The van der Waals surface area contributed by atoms with Gasteiger partial charge in [-0.2, -0.15) is 5.10 Å². The van der Waals surface area contributed by atoms with Crippen LogP contribution >= 0.6 is 0 Å². The number of nitrogens with zero attached hydrogens (tertiary/aromatic N) is 2. The molecule has 0 radical (unpaired) electrons. The highest BCUT2D eigenvalue weighted by molar-refractivity contribution is 5.95. The molecule has 0 aliphatic rings. The van der Waals surface area contributed by atoms with Gasteiger partial charge in [-0.05, 0) is 13.3 Å². The molecule has 1 heterocycles. The lowest BCUT2D eigenvalue weighted by molar-refractivity contribution is -0.143. The monoisotopic (exact) mass is 239 g/mol. The summed E-state index contributed by atoms with van der Waals surface area (Å²) < 4.78 is 4.83. The maximum atomic E-state index is 12.0. The molecule has 17 heavy (non-hydrogen) atoms. The fraction of sp³-hybridized carbons (Fsp3) is 0.545. The minimum absolute atomic E-state index is 0.0221. The Hall–Kier alpha value is -1.85. The first-order chi connectivity index (χ1) is 8.19. The van der Waals surface area contributed by atoms with E-state index in [1.165, 1.54) is 17.3 Å². The highest BCUT2D eigenvalue weighted by Crippen LogP contribution is 2.03. The number of aromatic amines is 1. The number of H-pyrrole nitrogens is 1. The number of esters is 1. The van der Waals surface area contributed by atoms with Gasteiger partial charge in [0.2, 0.25) is 0 Å². The predicted molar refractivity (Wildman–Crippen MR) is 61.4 cm³/mol. The Morgan fingerprint density at radius 2 is 2.24 bits per heavy atom. The number of carbonyl (C=O) groups excluding carboxylic acids is 2. The molecule has 0 fully saturated rings. The second-order valence-corrected chi connectivity index (χ2v) is 3.52. The largest absolute Gasteiger partial charge is 0.465 e. The minimum Gasteiger partial charge on any atom is -0.465 e. The van der Waals surface area contributed by atoms with Crippen molar-refractivity contribution < 1.29 is 14.3 Å². The van der Waals surface area contributed by atoms with Gasteiger partial charge in [0.25, 0.3) is 5.91 Å². The van der Waals surface area contributed by atoms with Crippen LogP contribution in [0.5, 0.6) is 0 Å². The van der Waals surface area contributed by atoms with E-state index in [1.807, 2.05) is 6.92 Å². The first-order valence-electron chi connectivity index (χ1n) is 5.62. The SMILES string of the molecule is CCCN(CC(=O)OCC)C(=O)c1cn[nH]c1. The molecule has 1 aromatic heterocycles. The maximum absolute atomic E-state index is 12.0. The molecule has 1 rings (SSSR count). The van der Waals surface area contributed by atoms with Gasteiger partial charge in [-0.3, -0.25) is 14.7 Å². The summed E-state index contributed by atoms with van der Waals surface area (Å²) in [5, 5.41) is 6.29. The lowest BCUT2D eigenvalue weighted by atomic mass is 10.3. The highest BCUT2D eigenvalue weighted by Gasteiger charge is 2.19. The van der Waals surface area contributed by atoms with E-state index in [0.29, 0.717) is 18.7 Å². The summed E-state index contributed by atoms with van der Waals surface area (Å²) in [5.74, 6) is -0.605. The van der Waals surface area contributed by atoms with Crippen LogP contribution in [-0.2, 0) is 9.53 Å². The topological polar surface area (TPSA) is 75.3 Å². The highest BCUT2D eigenvalue weighted by atomic mass is 16.5. The quantitative estimate of drug-likeness (QED) is 0.746. The summed E-state index contributed by atoms with van der Waals surface area (Å²) in [7, 11) is 0. The first kappa shape index (κ1) is 13.2. The average Bonchev–Trinajstić information content (AvgIpc) is 2.81. The van der Waals surface area contributed by atoms with E-state index in [2.05, 4.69) is 10.2 Å². The minimum atomic E-state index is -0.391. The normalized spacial score (nSPS) is 10.0. The third-order valence-electron chi connectivity index (χ3n) is 2.15. The van der Waals surface area contributed by atoms with Gasteiger partial charge in [0.05, 0.1) is 18.4 Å². The maximum Gasteiger partial charge on any atom is 0.325 e. The van der Waals surface area contributed by atoms with Crippen LogP contribution in [0.4, 0.5) is 0 Å². The number of amides is 1. The fourth-order valence-corrected chi connectivity index (χ4v) is 1.44. The molecule has 6 heteroatoms. The molecule has 1 amide bonds. The van der Waals surface area contributed by atoms with Crippen LogP contribution in [0.2, 0.25) is 0 Å². The molecule has 94 valence electrons. The van der Waals surface area contributed by atoms with Gasteiger partial charge in [0.15, 0.2) is 0 Å². The van der Waals surface area contributed by atoms with E-state index in [0.717, 1.165) is 6.42 Å². The van der Waals surface area contributed by atoms with Crippen molar-refractivity contribution in [2.24, 2.45) is 0 Å². The van der Waals surface area contributed by atoms with Crippen molar-refractivity contribution in [2.75, 3.05) is 19.7 Å². The first-order valence-corrected chi connectivity index (χ1v) is 5.62. The van der Waals surface area contributed by atoms with Gasteiger partial charge in [-0.25, -0.2) is 0 Å². The molecule has 1 aromatic rings. The van der Waals surface area contributed by atoms with E-state index in [-0.39, 0.29) is 12.5 Å². The Kier molecular flexibility index (Phi) is 5.19. The lowest BCUT2D eigenvalue weighted by Crippen LogP contribution is -2.36. The smallest absolute Gasteiger partial charge is 0.325 e. The van der Waals surface area contributed by atoms with Gasteiger partial charge in [0.1, 0.15) is 6.54 Å². The number of rotatable bonds is 6. The second-order valence-electron chi connectivity index (χ2n) is 3.52. The molecular formula is C11H17N3O3. The summed E-state index contributed by atoms with van der Waals surface area (Å²) in [6.45, 7) is 4.49. The average molecular weight is 239 g/mol. The number of hydrogen-bond donors (Lipinski definition) is 1. The van der Waals surface area contributed by atoms with Crippen molar-refractivity contribution in [1.82, 2.24) is 15.1 Å². The molecule has 6 nitrogen and oxygen atoms in total. The number of aromatic nitrogens is 2. The molecule has 1 N–H and O–H groups in total. The molecule has 0 bridgehead atoms. The van der Waals surface area contributed by atoms with Crippen molar-refractivity contribution in [3.05, 3.63) is 18.0 Å².